The molecule has 0 saturated carbocycles. The summed E-state index contributed by atoms with van der Waals surface area (Å²) in [6.07, 6.45) is 4.96. The highest BCUT2D eigenvalue weighted by atomic mass is 16.2. The molecule has 0 bridgehead atoms. The molecule has 1 aliphatic heterocycles. The summed E-state index contributed by atoms with van der Waals surface area (Å²) in [6, 6.07) is 9.18. The van der Waals surface area contributed by atoms with Crippen molar-refractivity contribution in [3.63, 3.8) is 0 Å². The SMILES string of the molecule is O=C(Cn1cnnn1)N1CCN(C(=O)c2ccc(-n3cccn3)cc2)CC1. The van der Waals surface area contributed by atoms with E-state index >= 15 is 0 Å². The van der Waals surface area contributed by atoms with E-state index in [1.807, 2.05) is 24.4 Å². The van der Waals surface area contributed by atoms with Crippen molar-refractivity contribution in [3.05, 3.63) is 54.6 Å². The molecular formula is C17H18N8O2. The van der Waals surface area contributed by atoms with Crippen LogP contribution in [0.5, 0.6) is 0 Å². The largest absolute Gasteiger partial charge is 0.338 e. The third kappa shape index (κ3) is 3.68. The summed E-state index contributed by atoms with van der Waals surface area (Å²) < 4.78 is 3.13. The first-order valence-corrected chi connectivity index (χ1v) is 8.58. The van der Waals surface area contributed by atoms with E-state index in [-0.39, 0.29) is 18.4 Å². The topological polar surface area (TPSA) is 102 Å². The first kappa shape index (κ1) is 16.9. The molecule has 0 spiro atoms. The molecule has 4 rings (SSSR count). The maximum atomic E-state index is 12.7. The van der Waals surface area contributed by atoms with Gasteiger partial charge < -0.3 is 9.80 Å². The Balaban J connectivity index is 1.33. The number of tetrazole rings is 1. The lowest BCUT2D eigenvalue weighted by Crippen LogP contribution is -2.51. The zero-order valence-electron chi connectivity index (χ0n) is 14.5. The summed E-state index contributed by atoms with van der Waals surface area (Å²) in [4.78, 5) is 28.5. The fourth-order valence-electron chi connectivity index (χ4n) is 3.01. The fourth-order valence-corrected chi connectivity index (χ4v) is 3.01. The number of carbonyl (C=O) groups is 2. The van der Waals surface area contributed by atoms with Gasteiger partial charge in [0.2, 0.25) is 5.91 Å². The Bertz CT molecular complexity index is 897. The van der Waals surface area contributed by atoms with Crippen molar-refractivity contribution < 1.29 is 9.59 Å². The van der Waals surface area contributed by atoms with Crippen molar-refractivity contribution in [1.82, 2.24) is 39.8 Å². The zero-order valence-corrected chi connectivity index (χ0v) is 14.5. The summed E-state index contributed by atoms with van der Waals surface area (Å²) in [5.74, 6) is -0.0902. The van der Waals surface area contributed by atoms with Crippen molar-refractivity contribution in [2.45, 2.75) is 6.54 Å². The van der Waals surface area contributed by atoms with E-state index in [4.69, 9.17) is 0 Å². The monoisotopic (exact) mass is 366 g/mol. The van der Waals surface area contributed by atoms with E-state index in [2.05, 4.69) is 20.6 Å². The zero-order chi connectivity index (χ0) is 18.6. The average Bonchev–Trinajstić information content (AvgIpc) is 3.42. The Labute approximate surface area is 155 Å². The normalized spacial score (nSPS) is 14.4. The Morgan fingerprint density at radius 2 is 1.74 bits per heavy atom. The summed E-state index contributed by atoms with van der Waals surface area (Å²) in [5, 5.41) is 14.9. The minimum absolute atomic E-state index is 0.0328. The third-order valence-corrected chi connectivity index (χ3v) is 4.49. The second-order valence-electron chi connectivity index (χ2n) is 6.18. The Kier molecular flexibility index (Phi) is 4.60. The Hall–Kier alpha value is -3.56. The van der Waals surface area contributed by atoms with Crippen LogP contribution in [-0.2, 0) is 11.3 Å². The van der Waals surface area contributed by atoms with Crippen molar-refractivity contribution in [3.8, 4) is 5.69 Å². The number of hydrogen-bond donors (Lipinski definition) is 0. The standard InChI is InChI=1S/C17H18N8O2/c26-16(12-24-13-18-20-21-24)22-8-10-23(11-9-22)17(27)14-2-4-15(5-3-14)25-7-1-6-19-25/h1-7,13H,8-12H2. The summed E-state index contributed by atoms with van der Waals surface area (Å²) in [7, 11) is 0. The molecule has 2 amide bonds. The minimum Gasteiger partial charge on any atom is -0.338 e. The van der Waals surface area contributed by atoms with Crippen molar-refractivity contribution in [2.75, 3.05) is 26.2 Å². The highest BCUT2D eigenvalue weighted by Gasteiger charge is 2.25. The van der Waals surface area contributed by atoms with Gasteiger partial charge in [-0.15, -0.1) is 5.10 Å². The first-order chi connectivity index (χ1) is 13.2. The van der Waals surface area contributed by atoms with E-state index < -0.39 is 0 Å². The maximum absolute atomic E-state index is 12.7. The highest BCUT2D eigenvalue weighted by molar-refractivity contribution is 5.94. The van der Waals surface area contributed by atoms with Gasteiger partial charge in [0.05, 0.1) is 5.69 Å². The van der Waals surface area contributed by atoms with Crippen molar-refractivity contribution >= 4 is 11.8 Å². The molecule has 2 aromatic heterocycles. The van der Waals surface area contributed by atoms with Gasteiger partial charge in [-0.1, -0.05) is 0 Å². The lowest BCUT2D eigenvalue weighted by atomic mass is 10.1. The fraction of sp³-hybridized carbons (Fsp3) is 0.294. The molecule has 3 aromatic rings. The maximum Gasteiger partial charge on any atom is 0.253 e. The van der Waals surface area contributed by atoms with E-state index in [1.165, 1.54) is 11.0 Å². The number of piperazine rings is 1. The van der Waals surface area contributed by atoms with Crippen LogP contribution >= 0.6 is 0 Å². The Morgan fingerprint density at radius 3 is 2.37 bits per heavy atom. The van der Waals surface area contributed by atoms with Gasteiger partial charge in [0.1, 0.15) is 12.9 Å². The number of rotatable bonds is 4. The van der Waals surface area contributed by atoms with Crippen LogP contribution in [0, 0.1) is 0 Å². The molecular weight excluding hydrogens is 348 g/mol. The molecule has 0 atom stereocenters. The predicted octanol–water partition coefficient (Wildman–Crippen LogP) is -0.157. The van der Waals surface area contributed by atoms with Gasteiger partial charge >= 0.3 is 0 Å². The van der Waals surface area contributed by atoms with Crippen LogP contribution in [0.1, 0.15) is 10.4 Å². The van der Waals surface area contributed by atoms with Crippen LogP contribution in [0.3, 0.4) is 0 Å². The lowest BCUT2D eigenvalue weighted by molar-refractivity contribution is -0.133. The quantitative estimate of drug-likeness (QED) is 0.636. The smallest absolute Gasteiger partial charge is 0.253 e. The van der Waals surface area contributed by atoms with Crippen LogP contribution in [0.25, 0.3) is 5.69 Å². The third-order valence-electron chi connectivity index (χ3n) is 4.49. The lowest BCUT2D eigenvalue weighted by Gasteiger charge is -2.34. The minimum atomic E-state index is -0.0574. The number of benzene rings is 1. The average molecular weight is 366 g/mol. The van der Waals surface area contributed by atoms with Crippen LogP contribution in [0.4, 0.5) is 0 Å². The molecule has 10 heteroatoms. The van der Waals surface area contributed by atoms with E-state index in [0.717, 1.165) is 5.69 Å². The number of carbonyl (C=O) groups excluding carboxylic acids is 2. The Morgan fingerprint density at radius 1 is 1.00 bits per heavy atom. The molecule has 1 saturated heterocycles. The van der Waals surface area contributed by atoms with Crippen molar-refractivity contribution in [2.24, 2.45) is 0 Å². The highest BCUT2D eigenvalue weighted by Crippen LogP contribution is 2.13. The molecule has 0 unspecified atom stereocenters. The first-order valence-electron chi connectivity index (χ1n) is 8.58. The second kappa shape index (κ2) is 7.36. The molecule has 1 aliphatic rings. The van der Waals surface area contributed by atoms with Crippen LogP contribution in [0.15, 0.2) is 49.1 Å². The molecule has 3 heterocycles. The molecule has 138 valence electrons. The van der Waals surface area contributed by atoms with Crippen molar-refractivity contribution in [1.29, 1.82) is 0 Å². The number of aromatic nitrogens is 6. The van der Waals surface area contributed by atoms with Gasteiger partial charge in [-0.3, -0.25) is 9.59 Å². The van der Waals surface area contributed by atoms with E-state index in [9.17, 15) is 9.59 Å². The second-order valence-corrected chi connectivity index (χ2v) is 6.18. The van der Waals surface area contributed by atoms with Gasteiger partial charge in [-0.2, -0.15) is 5.10 Å². The molecule has 0 aliphatic carbocycles. The molecule has 0 N–H and O–H groups in total. The molecule has 10 nitrogen and oxygen atoms in total. The van der Waals surface area contributed by atoms with Gasteiger partial charge in [0.25, 0.3) is 5.91 Å². The van der Waals surface area contributed by atoms with Crippen LogP contribution in [0.2, 0.25) is 0 Å². The van der Waals surface area contributed by atoms with E-state index in [1.54, 1.807) is 32.8 Å². The number of amides is 2. The number of hydrogen-bond acceptors (Lipinski definition) is 6. The summed E-state index contributed by atoms with van der Waals surface area (Å²) >= 11 is 0. The van der Waals surface area contributed by atoms with Gasteiger partial charge in [-0.25, -0.2) is 9.36 Å². The predicted molar refractivity (Wildman–Crippen MR) is 93.9 cm³/mol. The molecule has 1 fully saturated rings. The van der Waals surface area contributed by atoms with Gasteiger partial charge in [0, 0.05) is 44.1 Å². The summed E-state index contributed by atoms with van der Waals surface area (Å²) in [6.45, 7) is 2.11. The molecule has 1 aromatic carbocycles. The summed E-state index contributed by atoms with van der Waals surface area (Å²) in [5.41, 5.74) is 1.52. The van der Waals surface area contributed by atoms with E-state index in [0.29, 0.717) is 31.7 Å². The van der Waals surface area contributed by atoms with Gasteiger partial charge in [0.15, 0.2) is 0 Å². The molecule has 0 radical (unpaired) electrons. The number of nitrogens with zero attached hydrogens (tertiary/aromatic N) is 8. The van der Waals surface area contributed by atoms with Gasteiger partial charge in [-0.05, 0) is 40.8 Å². The van der Waals surface area contributed by atoms with Crippen LogP contribution < -0.4 is 0 Å². The van der Waals surface area contributed by atoms with Crippen LogP contribution in [-0.4, -0.2) is 77.8 Å². The molecule has 27 heavy (non-hydrogen) atoms.